The quantitative estimate of drug-likeness (QED) is 0.176. The molecule has 0 aliphatic rings. The zero-order valence-electron chi connectivity index (χ0n) is 21.9. The number of halogens is 2. The van der Waals surface area contributed by atoms with Crippen molar-refractivity contribution in [2.45, 2.75) is 118 Å². The van der Waals surface area contributed by atoms with E-state index in [9.17, 15) is 9.59 Å². The standard InChI is InChI=1S/C28H44Br2O4/c1-7-9-11-21(15-13-19(3)4)33-27(31)23-17-25(29)26(30)18-24(23)28(32)34-22(12-10-8-2)16-14-20(5)6/h17-22H,7-16H2,1-6H3. The molecule has 0 aliphatic heterocycles. The highest BCUT2D eigenvalue weighted by atomic mass is 79.9. The molecule has 0 aromatic heterocycles. The van der Waals surface area contributed by atoms with Crippen LogP contribution in [-0.4, -0.2) is 24.1 Å². The average Bonchev–Trinajstić information content (AvgIpc) is 2.78. The Hall–Kier alpha value is -0.880. The van der Waals surface area contributed by atoms with E-state index in [4.69, 9.17) is 9.47 Å². The topological polar surface area (TPSA) is 52.6 Å². The molecule has 0 spiro atoms. The van der Waals surface area contributed by atoms with Crippen molar-refractivity contribution in [2.75, 3.05) is 0 Å². The van der Waals surface area contributed by atoms with Crippen LogP contribution in [-0.2, 0) is 9.47 Å². The van der Waals surface area contributed by atoms with Gasteiger partial charge in [-0.1, -0.05) is 67.2 Å². The Morgan fingerprint density at radius 3 is 1.32 bits per heavy atom. The summed E-state index contributed by atoms with van der Waals surface area (Å²) in [4.78, 5) is 26.5. The number of hydrogen-bond acceptors (Lipinski definition) is 4. The number of carbonyl (C=O) groups excluding carboxylic acids is 2. The van der Waals surface area contributed by atoms with Gasteiger partial charge < -0.3 is 9.47 Å². The van der Waals surface area contributed by atoms with Gasteiger partial charge in [-0.3, -0.25) is 0 Å². The summed E-state index contributed by atoms with van der Waals surface area (Å²) in [5, 5.41) is 0. The van der Waals surface area contributed by atoms with E-state index < -0.39 is 11.9 Å². The maximum Gasteiger partial charge on any atom is 0.339 e. The first-order valence-corrected chi connectivity index (χ1v) is 14.6. The molecule has 0 fully saturated rings. The van der Waals surface area contributed by atoms with E-state index in [2.05, 4.69) is 73.4 Å². The zero-order valence-corrected chi connectivity index (χ0v) is 25.1. The van der Waals surface area contributed by atoms with Gasteiger partial charge in [0.2, 0.25) is 0 Å². The average molecular weight is 604 g/mol. The monoisotopic (exact) mass is 602 g/mol. The van der Waals surface area contributed by atoms with E-state index in [0.717, 1.165) is 64.2 Å². The Labute approximate surface area is 224 Å². The molecule has 0 bridgehead atoms. The minimum Gasteiger partial charge on any atom is -0.459 e. The van der Waals surface area contributed by atoms with Gasteiger partial charge in [-0.05, 0) is 94.4 Å². The number of carbonyl (C=O) groups is 2. The van der Waals surface area contributed by atoms with Gasteiger partial charge in [-0.2, -0.15) is 0 Å². The van der Waals surface area contributed by atoms with Crippen LogP contribution in [0.25, 0.3) is 0 Å². The number of unbranched alkanes of at least 4 members (excludes halogenated alkanes) is 2. The lowest BCUT2D eigenvalue weighted by atomic mass is 10.0. The van der Waals surface area contributed by atoms with E-state index in [1.807, 2.05) is 0 Å². The van der Waals surface area contributed by atoms with Crippen molar-refractivity contribution in [3.63, 3.8) is 0 Å². The molecule has 0 amide bonds. The van der Waals surface area contributed by atoms with Gasteiger partial charge >= 0.3 is 11.9 Å². The van der Waals surface area contributed by atoms with Crippen LogP contribution in [0.2, 0.25) is 0 Å². The van der Waals surface area contributed by atoms with E-state index in [0.29, 0.717) is 20.8 Å². The van der Waals surface area contributed by atoms with Gasteiger partial charge in [0, 0.05) is 8.95 Å². The molecular formula is C28H44Br2O4. The van der Waals surface area contributed by atoms with Gasteiger partial charge in [-0.15, -0.1) is 0 Å². The van der Waals surface area contributed by atoms with Crippen LogP contribution >= 0.6 is 31.9 Å². The summed E-state index contributed by atoms with van der Waals surface area (Å²) in [6.07, 6.45) is 9.12. The summed E-state index contributed by atoms with van der Waals surface area (Å²) in [6.45, 7) is 13.0. The predicted octanol–water partition coefficient (Wildman–Crippen LogP) is 9.52. The van der Waals surface area contributed by atoms with Crippen LogP contribution in [0, 0.1) is 11.8 Å². The van der Waals surface area contributed by atoms with E-state index >= 15 is 0 Å². The molecule has 0 radical (unpaired) electrons. The lowest BCUT2D eigenvalue weighted by Crippen LogP contribution is -2.24. The van der Waals surface area contributed by atoms with Gasteiger partial charge in [0.15, 0.2) is 0 Å². The zero-order chi connectivity index (χ0) is 25.7. The molecule has 4 nitrogen and oxygen atoms in total. The molecule has 6 heteroatoms. The molecule has 1 rings (SSSR count). The molecule has 0 aliphatic carbocycles. The molecule has 0 saturated heterocycles. The molecule has 1 aromatic rings. The number of hydrogen-bond donors (Lipinski definition) is 0. The smallest absolute Gasteiger partial charge is 0.339 e. The molecule has 2 unspecified atom stereocenters. The summed E-state index contributed by atoms with van der Waals surface area (Å²) < 4.78 is 13.3. The molecule has 194 valence electrons. The summed E-state index contributed by atoms with van der Waals surface area (Å²) in [6, 6.07) is 3.33. The highest BCUT2D eigenvalue weighted by Crippen LogP contribution is 2.29. The van der Waals surface area contributed by atoms with Crippen molar-refractivity contribution < 1.29 is 19.1 Å². The minimum atomic E-state index is -0.461. The van der Waals surface area contributed by atoms with Crippen molar-refractivity contribution in [1.29, 1.82) is 0 Å². The van der Waals surface area contributed by atoms with E-state index in [1.54, 1.807) is 12.1 Å². The SMILES string of the molecule is CCCCC(CCC(C)C)OC(=O)c1cc(Br)c(Br)cc1C(=O)OC(CCCC)CCC(C)C. The minimum absolute atomic E-state index is 0.149. The fourth-order valence-electron chi connectivity index (χ4n) is 3.74. The third-order valence-electron chi connectivity index (χ3n) is 5.94. The van der Waals surface area contributed by atoms with Gasteiger partial charge in [0.25, 0.3) is 0 Å². The second-order valence-electron chi connectivity index (χ2n) is 10.1. The summed E-state index contributed by atoms with van der Waals surface area (Å²) in [5.41, 5.74) is 0.508. The van der Waals surface area contributed by atoms with Crippen LogP contribution in [0.5, 0.6) is 0 Å². The van der Waals surface area contributed by atoms with Crippen LogP contribution in [0.4, 0.5) is 0 Å². The maximum absolute atomic E-state index is 13.3. The van der Waals surface area contributed by atoms with Gasteiger partial charge in [0.1, 0.15) is 12.2 Å². The molecular weight excluding hydrogens is 560 g/mol. The van der Waals surface area contributed by atoms with Crippen LogP contribution in [0.1, 0.15) is 126 Å². The Kier molecular flexibility index (Phi) is 15.3. The van der Waals surface area contributed by atoms with E-state index in [1.165, 1.54) is 0 Å². The van der Waals surface area contributed by atoms with Crippen molar-refractivity contribution in [2.24, 2.45) is 11.8 Å². The van der Waals surface area contributed by atoms with Gasteiger partial charge in [-0.25, -0.2) is 9.59 Å². The summed E-state index contributed by atoms with van der Waals surface area (Å²) in [5.74, 6) is 0.164. The molecule has 2 atom stereocenters. The number of benzene rings is 1. The predicted molar refractivity (Wildman–Crippen MR) is 147 cm³/mol. The number of rotatable bonds is 16. The molecule has 1 aromatic carbocycles. The number of esters is 2. The lowest BCUT2D eigenvalue weighted by molar-refractivity contribution is 0.0195. The highest BCUT2D eigenvalue weighted by molar-refractivity contribution is 9.13. The number of ether oxygens (including phenoxy) is 2. The maximum atomic E-state index is 13.3. The second-order valence-corrected chi connectivity index (χ2v) is 11.8. The first-order chi connectivity index (χ1) is 16.1. The largest absolute Gasteiger partial charge is 0.459 e. The van der Waals surface area contributed by atoms with Crippen LogP contribution in [0.15, 0.2) is 21.1 Å². The summed E-state index contributed by atoms with van der Waals surface area (Å²) in [7, 11) is 0. The van der Waals surface area contributed by atoms with Crippen molar-refractivity contribution in [1.82, 2.24) is 0 Å². The van der Waals surface area contributed by atoms with Gasteiger partial charge in [0.05, 0.1) is 11.1 Å². The Morgan fingerprint density at radius 2 is 1.03 bits per heavy atom. The Balaban J connectivity index is 3.12. The fraction of sp³-hybridized carbons (Fsp3) is 0.714. The second kappa shape index (κ2) is 16.7. The summed E-state index contributed by atoms with van der Waals surface area (Å²) >= 11 is 6.95. The first-order valence-electron chi connectivity index (χ1n) is 13.0. The third kappa shape index (κ3) is 11.7. The normalized spacial score (nSPS) is 13.2. The lowest BCUT2D eigenvalue weighted by Gasteiger charge is -2.21. The third-order valence-corrected chi connectivity index (χ3v) is 7.78. The van der Waals surface area contributed by atoms with E-state index in [-0.39, 0.29) is 23.3 Å². The van der Waals surface area contributed by atoms with Crippen LogP contribution in [0.3, 0.4) is 0 Å². The fourth-order valence-corrected chi connectivity index (χ4v) is 4.43. The Bertz CT molecular complexity index is 698. The Morgan fingerprint density at radius 1 is 0.676 bits per heavy atom. The highest BCUT2D eigenvalue weighted by Gasteiger charge is 2.26. The molecule has 0 N–H and O–H groups in total. The van der Waals surface area contributed by atoms with Crippen molar-refractivity contribution in [3.05, 3.63) is 32.2 Å². The van der Waals surface area contributed by atoms with Crippen LogP contribution < -0.4 is 0 Å². The molecule has 34 heavy (non-hydrogen) atoms. The molecule has 0 saturated carbocycles. The first kappa shape index (κ1) is 31.2. The molecule has 0 heterocycles. The van der Waals surface area contributed by atoms with Crippen molar-refractivity contribution >= 4 is 43.8 Å². The van der Waals surface area contributed by atoms with Crippen molar-refractivity contribution in [3.8, 4) is 0 Å².